The number of benzene rings is 1. The highest BCUT2D eigenvalue weighted by atomic mass is 16.5. The van der Waals surface area contributed by atoms with Crippen LogP contribution in [0.5, 0.6) is 0 Å². The minimum Gasteiger partial charge on any atom is -0.375 e. The lowest BCUT2D eigenvalue weighted by Crippen LogP contribution is -2.40. The third-order valence-corrected chi connectivity index (χ3v) is 2.85. The summed E-state index contributed by atoms with van der Waals surface area (Å²) in [5.41, 5.74) is 0.777. The van der Waals surface area contributed by atoms with Crippen molar-refractivity contribution in [3.63, 3.8) is 0 Å². The average Bonchev–Trinajstić information content (AvgIpc) is 2.30. The van der Waals surface area contributed by atoms with Crippen LogP contribution in [0.15, 0.2) is 30.3 Å². The second-order valence-corrected chi connectivity index (χ2v) is 4.25. The van der Waals surface area contributed by atoms with E-state index in [1.165, 1.54) is 0 Å². The largest absolute Gasteiger partial charge is 0.375 e. The number of hydrogen-bond donors (Lipinski definition) is 0. The van der Waals surface area contributed by atoms with Gasteiger partial charge in [0, 0.05) is 25.1 Å². The molecule has 0 aromatic heterocycles. The smallest absolute Gasteiger partial charge is 0.165 e. The number of carbonyl (C=O) groups excluding carboxylic acids is 1. The molecule has 1 aromatic carbocycles. The van der Waals surface area contributed by atoms with E-state index in [9.17, 15) is 4.79 Å². The molecule has 1 unspecified atom stereocenters. The van der Waals surface area contributed by atoms with Crippen molar-refractivity contribution >= 4 is 5.78 Å². The molecule has 1 aliphatic heterocycles. The van der Waals surface area contributed by atoms with E-state index in [2.05, 4.69) is 11.9 Å². The molecule has 1 aromatic rings. The van der Waals surface area contributed by atoms with Crippen LogP contribution in [-0.2, 0) is 4.74 Å². The van der Waals surface area contributed by atoms with Gasteiger partial charge in [0.1, 0.15) is 0 Å². The maximum atomic E-state index is 11.9. The maximum Gasteiger partial charge on any atom is 0.165 e. The Bertz CT molecular complexity index is 350. The highest BCUT2D eigenvalue weighted by Gasteiger charge is 2.20. The number of likely N-dealkylation sites (N-methyl/N-ethyl adjacent to an activating group) is 1. The van der Waals surface area contributed by atoms with E-state index in [0.717, 1.165) is 25.3 Å². The van der Waals surface area contributed by atoms with Crippen molar-refractivity contribution in [2.75, 3.05) is 26.7 Å². The van der Waals surface area contributed by atoms with Gasteiger partial charge < -0.3 is 9.64 Å². The lowest BCUT2D eigenvalue weighted by Gasteiger charge is -2.29. The van der Waals surface area contributed by atoms with Crippen LogP contribution in [0, 0.1) is 0 Å². The highest BCUT2D eigenvalue weighted by molar-refractivity contribution is 5.96. The molecule has 1 atom stereocenters. The number of hydrogen-bond acceptors (Lipinski definition) is 3. The number of rotatable bonds is 3. The lowest BCUT2D eigenvalue weighted by molar-refractivity contribution is -0.0198. The Morgan fingerprint density at radius 1 is 1.44 bits per heavy atom. The zero-order valence-corrected chi connectivity index (χ0v) is 9.56. The first-order valence-corrected chi connectivity index (χ1v) is 5.64. The normalized spacial score (nSPS) is 21.9. The number of ether oxygens (including phenoxy) is 1. The fraction of sp³-hybridized carbons (Fsp3) is 0.462. The van der Waals surface area contributed by atoms with Gasteiger partial charge in [0.25, 0.3) is 0 Å². The molecule has 2 rings (SSSR count). The van der Waals surface area contributed by atoms with Crippen LogP contribution in [0.1, 0.15) is 16.8 Å². The van der Waals surface area contributed by atoms with Gasteiger partial charge in [0.15, 0.2) is 5.78 Å². The molecule has 3 heteroatoms. The number of nitrogens with zero attached hydrogens (tertiary/aromatic N) is 1. The average molecular weight is 219 g/mol. The SMILES string of the molecule is CN1CCOC(CC(=O)c2ccccc2)C1. The Balaban J connectivity index is 1.92. The molecule has 1 aliphatic rings. The number of ketones is 1. The third kappa shape index (κ3) is 2.90. The molecule has 0 amide bonds. The zero-order chi connectivity index (χ0) is 11.4. The summed E-state index contributed by atoms with van der Waals surface area (Å²) >= 11 is 0. The molecule has 0 radical (unpaired) electrons. The van der Waals surface area contributed by atoms with Gasteiger partial charge in [-0.25, -0.2) is 0 Å². The molecule has 0 N–H and O–H groups in total. The van der Waals surface area contributed by atoms with Crippen molar-refractivity contribution in [2.45, 2.75) is 12.5 Å². The second kappa shape index (κ2) is 5.23. The summed E-state index contributed by atoms with van der Waals surface area (Å²) in [6, 6.07) is 9.41. The molecule has 0 bridgehead atoms. The van der Waals surface area contributed by atoms with Crippen LogP contribution in [0.4, 0.5) is 0 Å². The van der Waals surface area contributed by atoms with Gasteiger partial charge in [0.2, 0.25) is 0 Å². The predicted octanol–water partition coefficient (Wildman–Crippen LogP) is 1.59. The quantitative estimate of drug-likeness (QED) is 0.723. The van der Waals surface area contributed by atoms with E-state index in [0.29, 0.717) is 6.42 Å². The third-order valence-electron chi connectivity index (χ3n) is 2.85. The van der Waals surface area contributed by atoms with E-state index in [1.807, 2.05) is 30.3 Å². The first-order chi connectivity index (χ1) is 7.75. The molecule has 0 aliphatic carbocycles. The molecule has 0 saturated carbocycles. The van der Waals surface area contributed by atoms with Gasteiger partial charge in [-0.05, 0) is 7.05 Å². The topological polar surface area (TPSA) is 29.5 Å². The summed E-state index contributed by atoms with van der Waals surface area (Å²) in [6.45, 7) is 2.53. The van der Waals surface area contributed by atoms with Crippen molar-refractivity contribution in [1.29, 1.82) is 0 Å². The van der Waals surface area contributed by atoms with Crippen LogP contribution >= 0.6 is 0 Å². The van der Waals surface area contributed by atoms with Crippen molar-refractivity contribution in [2.24, 2.45) is 0 Å². The fourth-order valence-electron chi connectivity index (χ4n) is 1.94. The minimum atomic E-state index is 0.0476. The summed E-state index contributed by atoms with van der Waals surface area (Å²) in [5.74, 6) is 0.168. The van der Waals surface area contributed by atoms with Crippen molar-refractivity contribution < 1.29 is 9.53 Å². The van der Waals surface area contributed by atoms with Crippen LogP contribution in [0.3, 0.4) is 0 Å². The highest BCUT2D eigenvalue weighted by Crippen LogP contribution is 2.11. The van der Waals surface area contributed by atoms with E-state index in [1.54, 1.807) is 0 Å². The molecule has 1 fully saturated rings. The van der Waals surface area contributed by atoms with Gasteiger partial charge >= 0.3 is 0 Å². The Kier molecular flexibility index (Phi) is 3.70. The Morgan fingerprint density at radius 2 is 2.19 bits per heavy atom. The first-order valence-electron chi connectivity index (χ1n) is 5.64. The van der Waals surface area contributed by atoms with Gasteiger partial charge in [-0.2, -0.15) is 0 Å². The van der Waals surface area contributed by atoms with Crippen molar-refractivity contribution in [3.8, 4) is 0 Å². The zero-order valence-electron chi connectivity index (χ0n) is 9.56. The monoisotopic (exact) mass is 219 g/mol. The molecular weight excluding hydrogens is 202 g/mol. The van der Waals surface area contributed by atoms with Gasteiger partial charge in [0.05, 0.1) is 12.7 Å². The van der Waals surface area contributed by atoms with E-state index in [-0.39, 0.29) is 11.9 Å². The van der Waals surface area contributed by atoms with Crippen LogP contribution in [-0.4, -0.2) is 43.5 Å². The first kappa shape index (κ1) is 11.3. The predicted molar refractivity (Wildman–Crippen MR) is 62.6 cm³/mol. The Hall–Kier alpha value is -1.19. The van der Waals surface area contributed by atoms with Crippen molar-refractivity contribution in [1.82, 2.24) is 4.90 Å². The van der Waals surface area contributed by atoms with Crippen LogP contribution in [0.25, 0.3) is 0 Å². The summed E-state index contributed by atoms with van der Waals surface area (Å²) in [7, 11) is 2.06. The molecule has 1 heterocycles. The molecule has 3 nitrogen and oxygen atoms in total. The minimum absolute atomic E-state index is 0.0476. The summed E-state index contributed by atoms with van der Waals surface area (Å²) < 4.78 is 5.58. The van der Waals surface area contributed by atoms with Gasteiger partial charge in [-0.3, -0.25) is 4.79 Å². The molecule has 0 spiro atoms. The Morgan fingerprint density at radius 3 is 2.88 bits per heavy atom. The van der Waals surface area contributed by atoms with Gasteiger partial charge in [-0.15, -0.1) is 0 Å². The fourth-order valence-corrected chi connectivity index (χ4v) is 1.94. The number of morpholine rings is 1. The summed E-state index contributed by atoms with van der Waals surface area (Å²) in [4.78, 5) is 14.1. The van der Waals surface area contributed by atoms with E-state index in [4.69, 9.17) is 4.74 Å². The summed E-state index contributed by atoms with van der Waals surface area (Å²) in [6.07, 6.45) is 0.528. The molecular formula is C13H17NO2. The van der Waals surface area contributed by atoms with Crippen LogP contribution in [0.2, 0.25) is 0 Å². The maximum absolute atomic E-state index is 11.9. The number of carbonyl (C=O) groups is 1. The molecule has 86 valence electrons. The van der Waals surface area contributed by atoms with E-state index >= 15 is 0 Å². The number of Topliss-reactive ketones (excluding diaryl/α,β-unsaturated/α-hetero) is 1. The summed E-state index contributed by atoms with van der Waals surface area (Å²) in [5, 5.41) is 0. The lowest BCUT2D eigenvalue weighted by atomic mass is 10.0. The van der Waals surface area contributed by atoms with E-state index < -0.39 is 0 Å². The standard InChI is InChI=1S/C13H17NO2/c1-14-7-8-16-12(10-14)9-13(15)11-5-3-2-4-6-11/h2-6,12H,7-10H2,1H3. The Labute approximate surface area is 96.0 Å². The van der Waals surface area contributed by atoms with Crippen LogP contribution < -0.4 is 0 Å². The molecule has 16 heavy (non-hydrogen) atoms. The second-order valence-electron chi connectivity index (χ2n) is 4.25. The molecule has 1 saturated heterocycles. The van der Waals surface area contributed by atoms with Gasteiger partial charge in [-0.1, -0.05) is 30.3 Å². The van der Waals surface area contributed by atoms with Crippen molar-refractivity contribution in [3.05, 3.63) is 35.9 Å².